The lowest BCUT2D eigenvalue weighted by Gasteiger charge is -2.08. The minimum Gasteiger partial charge on any atom is -0.399 e. The first-order valence-corrected chi connectivity index (χ1v) is 6.87. The highest BCUT2D eigenvalue weighted by Crippen LogP contribution is 2.18. The summed E-state index contributed by atoms with van der Waals surface area (Å²) >= 11 is 3.29. The Hall–Kier alpha value is -2.08. The molecule has 0 bridgehead atoms. The highest BCUT2D eigenvalue weighted by molar-refractivity contribution is 9.10. The number of amides is 1. The Morgan fingerprint density at radius 3 is 2.75 bits per heavy atom. The fourth-order valence-electron chi connectivity index (χ4n) is 1.80. The highest BCUT2D eigenvalue weighted by Gasteiger charge is 2.08. The molecule has 2 rings (SSSR count). The summed E-state index contributed by atoms with van der Waals surface area (Å²) in [6.07, 6.45) is 1.61. The fourth-order valence-corrected chi connectivity index (χ4v) is 2.31. The number of nitrogens with zero attached hydrogens (tertiary/aromatic N) is 1. The maximum absolute atomic E-state index is 12.1. The van der Waals surface area contributed by atoms with E-state index in [2.05, 4.69) is 21.2 Å². The number of carbonyl (C=O) groups excluding carboxylic acids is 1. The van der Waals surface area contributed by atoms with Gasteiger partial charge in [0.1, 0.15) is 0 Å². The van der Waals surface area contributed by atoms with Crippen LogP contribution in [0.1, 0.15) is 17.3 Å². The summed E-state index contributed by atoms with van der Waals surface area (Å²) < 4.78 is 2.26. The molecule has 0 spiro atoms. The third-order valence-electron chi connectivity index (χ3n) is 2.76. The molecular formula is C14H14BrN3O2. The number of benzene rings is 1. The Labute approximate surface area is 124 Å². The van der Waals surface area contributed by atoms with Crippen molar-refractivity contribution in [2.45, 2.75) is 13.5 Å². The van der Waals surface area contributed by atoms with E-state index in [0.717, 1.165) is 4.47 Å². The molecule has 6 heteroatoms. The van der Waals surface area contributed by atoms with Crippen molar-refractivity contribution in [2.75, 3.05) is 11.1 Å². The monoisotopic (exact) mass is 335 g/mol. The number of anilines is 2. The van der Waals surface area contributed by atoms with Crippen LogP contribution in [0.3, 0.4) is 0 Å². The second-order valence-corrected chi connectivity index (χ2v) is 5.19. The summed E-state index contributed by atoms with van der Waals surface area (Å²) in [7, 11) is 0. The highest BCUT2D eigenvalue weighted by atomic mass is 79.9. The van der Waals surface area contributed by atoms with Crippen LogP contribution in [0.2, 0.25) is 0 Å². The number of hydrogen-bond donors (Lipinski definition) is 2. The van der Waals surface area contributed by atoms with Crippen LogP contribution in [0, 0.1) is 0 Å². The quantitative estimate of drug-likeness (QED) is 0.846. The number of aryl methyl sites for hydroxylation is 1. The van der Waals surface area contributed by atoms with E-state index in [1.54, 1.807) is 30.5 Å². The van der Waals surface area contributed by atoms with Crippen LogP contribution in [-0.2, 0) is 6.54 Å². The number of halogens is 1. The van der Waals surface area contributed by atoms with Crippen LogP contribution in [0.15, 0.2) is 45.8 Å². The van der Waals surface area contributed by atoms with Crippen LogP contribution in [-0.4, -0.2) is 10.5 Å². The van der Waals surface area contributed by atoms with Gasteiger partial charge in [-0.2, -0.15) is 0 Å². The molecule has 1 aromatic carbocycles. The maximum Gasteiger partial charge on any atom is 0.255 e. The Morgan fingerprint density at radius 1 is 1.35 bits per heavy atom. The summed E-state index contributed by atoms with van der Waals surface area (Å²) in [5.41, 5.74) is 7.12. The van der Waals surface area contributed by atoms with Gasteiger partial charge in [-0.15, -0.1) is 0 Å². The molecule has 5 nitrogen and oxygen atoms in total. The molecule has 3 N–H and O–H groups in total. The van der Waals surface area contributed by atoms with Gasteiger partial charge in [-0.05, 0) is 31.2 Å². The van der Waals surface area contributed by atoms with E-state index in [9.17, 15) is 9.59 Å². The van der Waals surface area contributed by atoms with Crippen LogP contribution in [0.25, 0.3) is 0 Å². The van der Waals surface area contributed by atoms with Gasteiger partial charge in [0.05, 0.1) is 5.69 Å². The number of nitrogens with one attached hydrogen (secondary N) is 1. The normalized spacial score (nSPS) is 10.3. The third kappa shape index (κ3) is 3.27. The molecular weight excluding hydrogens is 322 g/mol. The van der Waals surface area contributed by atoms with Crippen molar-refractivity contribution in [1.82, 2.24) is 4.57 Å². The number of carbonyl (C=O) groups is 1. The van der Waals surface area contributed by atoms with Gasteiger partial charge in [0.25, 0.3) is 11.5 Å². The van der Waals surface area contributed by atoms with E-state index in [1.165, 1.54) is 10.6 Å². The molecule has 0 radical (unpaired) electrons. The molecule has 104 valence electrons. The average Bonchev–Trinajstić information content (AvgIpc) is 2.39. The number of aromatic nitrogens is 1. The van der Waals surface area contributed by atoms with E-state index in [0.29, 0.717) is 23.5 Å². The second kappa shape index (κ2) is 5.92. The second-order valence-electron chi connectivity index (χ2n) is 4.27. The van der Waals surface area contributed by atoms with Crippen molar-refractivity contribution < 1.29 is 4.79 Å². The number of pyridine rings is 1. The SMILES string of the molecule is CCn1cc(NC(=O)c2cc(N)cc(Br)c2)ccc1=O. The molecule has 0 aliphatic rings. The van der Waals surface area contributed by atoms with Gasteiger partial charge in [-0.25, -0.2) is 0 Å². The van der Waals surface area contributed by atoms with Gasteiger partial charge in [0.2, 0.25) is 0 Å². The summed E-state index contributed by atoms with van der Waals surface area (Å²) in [6, 6.07) is 7.99. The molecule has 1 amide bonds. The molecule has 1 heterocycles. The molecule has 20 heavy (non-hydrogen) atoms. The Balaban J connectivity index is 2.25. The molecule has 0 aliphatic carbocycles. The fraction of sp³-hybridized carbons (Fsp3) is 0.143. The van der Waals surface area contributed by atoms with Gasteiger partial charge < -0.3 is 15.6 Å². The van der Waals surface area contributed by atoms with Crippen LogP contribution in [0.5, 0.6) is 0 Å². The van der Waals surface area contributed by atoms with Gasteiger partial charge in [-0.1, -0.05) is 15.9 Å². The smallest absolute Gasteiger partial charge is 0.255 e. The summed E-state index contributed by atoms with van der Waals surface area (Å²) in [5, 5.41) is 2.74. The van der Waals surface area contributed by atoms with Crippen LogP contribution >= 0.6 is 15.9 Å². The van der Waals surface area contributed by atoms with E-state index >= 15 is 0 Å². The first kappa shape index (κ1) is 14.3. The molecule has 0 atom stereocenters. The molecule has 0 saturated carbocycles. The van der Waals surface area contributed by atoms with Crippen molar-refractivity contribution in [2.24, 2.45) is 0 Å². The summed E-state index contributed by atoms with van der Waals surface area (Å²) in [6.45, 7) is 2.41. The number of nitrogen functional groups attached to an aromatic ring is 1. The maximum atomic E-state index is 12.1. The lowest BCUT2D eigenvalue weighted by Crippen LogP contribution is -2.19. The van der Waals surface area contributed by atoms with Gasteiger partial charge >= 0.3 is 0 Å². The zero-order chi connectivity index (χ0) is 14.7. The van der Waals surface area contributed by atoms with Gasteiger partial charge in [-0.3, -0.25) is 9.59 Å². The number of nitrogens with two attached hydrogens (primary N) is 1. The predicted octanol–water partition coefficient (Wildman–Crippen LogP) is 2.47. The summed E-state index contributed by atoms with van der Waals surface area (Å²) in [5.74, 6) is -0.278. The first-order valence-electron chi connectivity index (χ1n) is 6.07. The standard InChI is InChI=1S/C14H14BrN3O2/c1-2-18-8-12(3-4-13(18)19)17-14(20)9-5-10(15)7-11(16)6-9/h3-8H,2,16H2,1H3,(H,17,20). The molecule has 1 aromatic heterocycles. The van der Waals surface area contributed by atoms with Crippen molar-refractivity contribution in [3.8, 4) is 0 Å². The van der Waals surface area contributed by atoms with Crippen LogP contribution in [0.4, 0.5) is 11.4 Å². The molecule has 2 aromatic rings. The summed E-state index contributed by atoms with van der Waals surface area (Å²) in [4.78, 5) is 23.6. The topological polar surface area (TPSA) is 77.1 Å². The lowest BCUT2D eigenvalue weighted by atomic mass is 10.2. The van der Waals surface area contributed by atoms with Crippen molar-refractivity contribution in [1.29, 1.82) is 0 Å². The third-order valence-corrected chi connectivity index (χ3v) is 3.22. The van der Waals surface area contributed by atoms with Gasteiger partial charge in [0.15, 0.2) is 0 Å². The number of rotatable bonds is 3. The predicted molar refractivity (Wildman–Crippen MR) is 82.9 cm³/mol. The minimum absolute atomic E-state index is 0.0998. The molecule has 0 unspecified atom stereocenters. The van der Waals surface area contributed by atoms with Crippen LogP contribution < -0.4 is 16.6 Å². The molecule has 0 aliphatic heterocycles. The van der Waals surface area contributed by atoms with E-state index in [4.69, 9.17) is 5.73 Å². The van der Waals surface area contributed by atoms with E-state index in [1.807, 2.05) is 6.92 Å². The van der Waals surface area contributed by atoms with Crippen molar-refractivity contribution >= 4 is 33.2 Å². The minimum atomic E-state index is -0.278. The van der Waals surface area contributed by atoms with E-state index < -0.39 is 0 Å². The van der Waals surface area contributed by atoms with Crippen molar-refractivity contribution in [3.05, 3.63) is 56.9 Å². The van der Waals surface area contributed by atoms with Gasteiger partial charge in [0, 0.05) is 34.5 Å². The Kier molecular flexibility index (Phi) is 4.24. The molecule has 0 fully saturated rings. The first-order chi connectivity index (χ1) is 9.49. The molecule has 0 saturated heterocycles. The van der Waals surface area contributed by atoms with Crippen molar-refractivity contribution in [3.63, 3.8) is 0 Å². The average molecular weight is 336 g/mol. The Morgan fingerprint density at radius 2 is 2.10 bits per heavy atom. The number of hydrogen-bond acceptors (Lipinski definition) is 3. The zero-order valence-corrected chi connectivity index (χ0v) is 12.5. The Bertz CT molecular complexity index is 690. The lowest BCUT2D eigenvalue weighted by molar-refractivity contribution is 0.102. The van der Waals surface area contributed by atoms with E-state index in [-0.39, 0.29) is 11.5 Å². The largest absolute Gasteiger partial charge is 0.399 e. The zero-order valence-electron chi connectivity index (χ0n) is 10.9.